The summed E-state index contributed by atoms with van der Waals surface area (Å²) in [7, 11) is 2.91. The van der Waals surface area contributed by atoms with E-state index in [-0.39, 0.29) is 40.3 Å². The van der Waals surface area contributed by atoms with E-state index in [1.54, 1.807) is 0 Å². The van der Waals surface area contributed by atoms with Crippen molar-refractivity contribution in [2.75, 3.05) is 27.4 Å². The van der Waals surface area contributed by atoms with Gasteiger partial charge in [-0.1, -0.05) is 35.9 Å². The van der Waals surface area contributed by atoms with Crippen LogP contribution in [0.15, 0.2) is 42.0 Å². The van der Waals surface area contributed by atoms with Crippen LogP contribution in [0, 0.1) is 6.92 Å². The van der Waals surface area contributed by atoms with Crippen molar-refractivity contribution in [1.29, 1.82) is 0 Å². The fourth-order valence-electron chi connectivity index (χ4n) is 4.48. The number of halogens is 1. The molecule has 2 aliphatic heterocycles. The molecule has 174 valence electrons. The molecule has 7 nitrogen and oxygen atoms in total. The van der Waals surface area contributed by atoms with Crippen LogP contribution >= 0.6 is 11.6 Å². The summed E-state index contributed by atoms with van der Waals surface area (Å²) in [6, 6.07) is 9.74. The summed E-state index contributed by atoms with van der Waals surface area (Å²) in [6.07, 6.45) is 1.57. The number of methoxy groups -OCH3 is 2. The maximum atomic E-state index is 13.3. The normalized spacial score (nSPS) is 22.1. The van der Waals surface area contributed by atoms with E-state index in [1.165, 1.54) is 31.3 Å². The van der Waals surface area contributed by atoms with Crippen molar-refractivity contribution in [1.82, 2.24) is 4.90 Å². The molecule has 2 atom stereocenters. The van der Waals surface area contributed by atoms with E-state index in [2.05, 4.69) is 0 Å². The van der Waals surface area contributed by atoms with Gasteiger partial charge in [0.1, 0.15) is 17.3 Å². The van der Waals surface area contributed by atoms with Crippen LogP contribution in [0.2, 0.25) is 5.02 Å². The van der Waals surface area contributed by atoms with Crippen molar-refractivity contribution in [2.24, 2.45) is 0 Å². The number of likely N-dealkylation sites (tertiary alicyclic amines) is 1. The molecule has 0 saturated carbocycles. The minimum atomic E-state index is -0.763. The van der Waals surface area contributed by atoms with E-state index in [1.807, 2.05) is 31.2 Å². The fourth-order valence-corrected chi connectivity index (χ4v) is 4.72. The van der Waals surface area contributed by atoms with Crippen molar-refractivity contribution >= 4 is 29.1 Å². The topological polar surface area (TPSA) is 85.3 Å². The van der Waals surface area contributed by atoms with Crippen LogP contribution in [0.5, 0.6) is 11.5 Å². The molecule has 2 aromatic carbocycles. The third-order valence-electron chi connectivity index (χ3n) is 6.18. The summed E-state index contributed by atoms with van der Waals surface area (Å²) >= 11 is 6.30. The molecular formula is C25H26ClNO6. The Bertz CT molecular complexity index is 1120. The van der Waals surface area contributed by atoms with Gasteiger partial charge in [0.15, 0.2) is 0 Å². The molecule has 0 bridgehead atoms. The number of hydrogen-bond acceptors (Lipinski definition) is 6. The molecule has 33 heavy (non-hydrogen) atoms. The number of rotatable bonds is 6. The van der Waals surface area contributed by atoms with Gasteiger partial charge < -0.3 is 24.2 Å². The van der Waals surface area contributed by atoms with Crippen molar-refractivity contribution in [3.05, 3.63) is 63.7 Å². The lowest BCUT2D eigenvalue weighted by Gasteiger charge is -2.28. The number of hydrogen-bond donors (Lipinski definition) is 1. The molecule has 2 fully saturated rings. The first-order valence-electron chi connectivity index (χ1n) is 10.7. The van der Waals surface area contributed by atoms with Crippen LogP contribution < -0.4 is 9.47 Å². The summed E-state index contributed by atoms with van der Waals surface area (Å²) < 4.78 is 16.4. The molecule has 8 heteroatoms. The highest BCUT2D eigenvalue weighted by atomic mass is 35.5. The van der Waals surface area contributed by atoms with Crippen molar-refractivity contribution < 1.29 is 28.9 Å². The van der Waals surface area contributed by atoms with Crippen molar-refractivity contribution in [3.63, 3.8) is 0 Å². The summed E-state index contributed by atoms with van der Waals surface area (Å²) in [5.74, 6) is -1.15. The number of aliphatic hydroxyl groups is 1. The monoisotopic (exact) mass is 471 g/mol. The molecule has 1 N–H and O–H groups in total. The zero-order valence-electron chi connectivity index (χ0n) is 18.8. The fraction of sp³-hybridized carbons (Fsp3) is 0.360. The first kappa shape index (κ1) is 23.1. The number of aryl methyl sites for hydroxylation is 1. The van der Waals surface area contributed by atoms with Crippen LogP contribution in [-0.2, 0) is 14.3 Å². The number of ether oxygens (including phenoxy) is 3. The summed E-state index contributed by atoms with van der Waals surface area (Å²) in [5, 5.41) is 11.6. The molecule has 0 spiro atoms. The first-order chi connectivity index (χ1) is 15.9. The Hall–Kier alpha value is -3.03. The predicted octanol–water partition coefficient (Wildman–Crippen LogP) is 4.27. The molecule has 1 amide bonds. The lowest BCUT2D eigenvalue weighted by molar-refractivity contribution is -0.140. The Morgan fingerprint density at radius 1 is 1.18 bits per heavy atom. The Morgan fingerprint density at radius 3 is 2.55 bits per heavy atom. The van der Waals surface area contributed by atoms with Crippen LogP contribution in [0.4, 0.5) is 0 Å². The molecule has 2 heterocycles. The largest absolute Gasteiger partial charge is 0.507 e. The number of Topliss-reactive ketones (excluding diaryl/α,β-unsaturated/α-hetero) is 1. The van der Waals surface area contributed by atoms with Gasteiger partial charge in [0.2, 0.25) is 0 Å². The molecule has 0 aromatic heterocycles. The molecular weight excluding hydrogens is 446 g/mol. The van der Waals surface area contributed by atoms with E-state index < -0.39 is 17.7 Å². The predicted molar refractivity (Wildman–Crippen MR) is 124 cm³/mol. The lowest BCUT2D eigenvalue weighted by Crippen LogP contribution is -2.36. The number of aliphatic hydroxyl groups excluding tert-OH is 1. The number of amides is 1. The molecule has 0 aliphatic carbocycles. The smallest absolute Gasteiger partial charge is 0.295 e. The maximum Gasteiger partial charge on any atom is 0.295 e. The van der Waals surface area contributed by atoms with Gasteiger partial charge in [-0.2, -0.15) is 0 Å². The average Bonchev–Trinajstić information content (AvgIpc) is 3.41. The van der Waals surface area contributed by atoms with Gasteiger partial charge in [0.25, 0.3) is 11.7 Å². The highest BCUT2D eigenvalue weighted by molar-refractivity contribution is 6.46. The zero-order chi connectivity index (χ0) is 23.7. The van der Waals surface area contributed by atoms with Gasteiger partial charge in [-0.05, 0) is 37.0 Å². The van der Waals surface area contributed by atoms with Crippen molar-refractivity contribution in [2.45, 2.75) is 31.9 Å². The summed E-state index contributed by atoms with van der Waals surface area (Å²) in [4.78, 5) is 27.9. The van der Waals surface area contributed by atoms with Crippen molar-refractivity contribution in [3.8, 4) is 11.5 Å². The number of benzene rings is 2. The van der Waals surface area contributed by atoms with Gasteiger partial charge in [0, 0.05) is 19.2 Å². The summed E-state index contributed by atoms with van der Waals surface area (Å²) in [5.41, 5.74) is 1.85. The highest BCUT2D eigenvalue weighted by Crippen LogP contribution is 2.44. The molecule has 4 rings (SSSR count). The number of carbonyl (C=O) groups excluding carboxylic acids is 2. The Labute approximate surface area is 197 Å². The molecule has 2 aromatic rings. The SMILES string of the molecule is COc1cc(OC)c(/C(O)=C2\C(=O)C(=O)N(CC3CCCO3)C2c2ccccc2C)cc1Cl. The zero-order valence-corrected chi connectivity index (χ0v) is 19.5. The third-order valence-corrected chi connectivity index (χ3v) is 6.47. The van der Waals surface area contributed by atoms with Gasteiger partial charge in [-0.15, -0.1) is 0 Å². The van der Waals surface area contributed by atoms with Crippen LogP contribution in [0.25, 0.3) is 5.76 Å². The minimum absolute atomic E-state index is 0.00756. The lowest BCUT2D eigenvalue weighted by atomic mass is 9.92. The van der Waals surface area contributed by atoms with E-state index in [0.29, 0.717) is 12.4 Å². The first-order valence-corrected chi connectivity index (χ1v) is 11.1. The third kappa shape index (κ3) is 4.18. The van der Waals surface area contributed by atoms with Gasteiger partial charge in [0.05, 0.1) is 42.5 Å². The minimum Gasteiger partial charge on any atom is -0.507 e. The second-order valence-corrected chi connectivity index (χ2v) is 8.54. The van der Waals surface area contributed by atoms with Crippen LogP contribution in [0.1, 0.15) is 35.6 Å². The Morgan fingerprint density at radius 2 is 1.91 bits per heavy atom. The average molecular weight is 472 g/mol. The Kier molecular flexibility index (Phi) is 6.63. The number of ketones is 1. The quantitative estimate of drug-likeness (QED) is 0.385. The Balaban J connectivity index is 1.90. The van der Waals surface area contributed by atoms with Crippen LogP contribution in [0.3, 0.4) is 0 Å². The van der Waals surface area contributed by atoms with E-state index in [9.17, 15) is 14.7 Å². The second-order valence-electron chi connectivity index (χ2n) is 8.13. The number of nitrogens with zero attached hydrogens (tertiary/aromatic N) is 1. The molecule has 2 unspecified atom stereocenters. The van der Waals surface area contributed by atoms with Gasteiger partial charge in [-0.3, -0.25) is 9.59 Å². The summed E-state index contributed by atoms with van der Waals surface area (Å²) in [6.45, 7) is 2.80. The van der Waals surface area contributed by atoms with Crippen LogP contribution in [-0.4, -0.2) is 55.2 Å². The standard InChI is InChI=1S/C25H26ClNO6/c1-14-7-4-5-9-16(14)22-21(24(29)25(30)27(22)13-15-8-6-10-33-15)23(28)17-11-18(26)20(32-3)12-19(17)31-2/h4-5,7,9,11-12,15,22,28H,6,8,10,13H2,1-3H3/b23-21+. The molecule has 2 saturated heterocycles. The highest BCUT2D eigenvalue weighted by Gasteiger charge is 2.47. The molecule has 0 radical (unpaired) electrons. The van der Waals surface area contributed by atoms with E-state index in [0.717, 1.165) is 24.0 Å². The second kappa shape index (κ2) is 9.45. The van der Waals surface area contributed by atoms with Gasteiger partial charge >= 0.3 is 0 Å². The number of carbonyl (C=O) groups is 2. The van der Waals surface area contributed by atoms with E-state index >= 15 is 0 Å². The maximum absolute atomic E-state index is 13.3. The van der Waals surface area contributed by atoms with E-state index in [4.69, 9.17) is 25.8 Å². The van der Waals surface area contributed by atoms with Gasteiger partial charge in [-0.25, -0.2) is 0 Å². The molecule has 2 aliphatic rings.